The van der Waals surface area contributed by atoms with E-state index in [1.54, 1.807) is 6.07 Å². The van der Waals surface area contributed by atoms with Crippen molar-refractivity contribution in [3.63, 3.8) is 0 Å². The second-order valence-electron chi connectivity index (χ2n) is 4.01. The Labute approximate surface area is 130 Å². The van der Waals surface area contributed by atoms with E-state index in [0.29, 0.717) is 15.9 Å². The minimum absolute atomic E-state index is 0.344. The van der Waals surface area contributed by atoms with Crippen LogP contribution in [0.4, 0.5) is 10.3 Å². The van der Waals surface area contributed by atoms with E-state index in [1.165, 1.54) is 6.07 Å². The number of halogens is 3. The molecule has 2 N–H and O–H groups in total. The molecule has 3 aromatic rings. The maximum atomic E-state index is 13.5. The van der Waals surface area contributed by atoms with Crippen molar-refractivity contribution in [2.75, 3.05) is 5.73 Å². The van der Waals surface area contributed by atoms with Gasteiger partial charge in [0.1, 0.15) is 5.82 Å². The summed E-state index contributed by atoms with van der Waals surface area (Å²) in [4.78, 5) is 4.21. The van der Waals surface area contributed by atoms with Gasteiger partial charge in [0.05, 0.1) is 21.2 Å². The number of nitrogen functional groups attached to an aromatic ring is 1. The van der Waals surface area contributed by atoms with Crippen molar-refractivity contribution >= 4 is 55.5 Å². The lowest BCUT2D eigenvalue weighted by Gasteiger charge is -2.08. The molecule has 6 heteroatoms. The quantitative estimate of drug-likeness (QED) is 0.589. The summed E-state index contributed by atoms with van der Waals surface area (Å²) >= 11 is 5.43. The predicted octanol–water partition coefficient (Wildman–Crippen LogP) is 4.11. The molecule has 0 saturated carbocycles. The van der Waals surface area contributed by atoms with Crippen molar-refractivity contribution in [3.8, 4) is 5.69 Å². The third-order valence-electron chi connectivity index (χ3n) is 2.82. The van der Waals surface area contributed by atoms with E-state index in [-0.39, 0.29) is 5.82 Å². The Balaban J connectivity index is 2.38. The van der Waals surface area contributed by atoms with Gasteiger partial charge in [0, 0.05) is 9.64 Å². The number of para-hydroxylation sites is 1. The molecule has 3 nitrogen and oxygen atoms in total. The van der Waals surface area contributed by atoms with E-state index in [1.807, 2.05) is 28.8 Å². The molecule has 0 unspecified atom stereocenters. The number of imidazole rings is 1. The third kappa shape index (κ3) is 2.12. The summed E-state index contributed by atoms with van der Waals surface area (Å²) in [5, 5.41) is 0. The highest BCUT2D eigenvalue weighted by atomic mass is 127. The molecule has 19 heavy (non-hydrogen) atoms. The summed E-state index contributed by atoms with van der Waals surface area (Å²) in [7, 11) is 0. The van der Waals surface area contributed by atoms with Crippen molar-refractivity contribution in [3.05, 3.63) is 50.3 Å². The number of fused-ring (bicyclic) bond motifs is 1. The van der Waals surface area contributed by atoms with Gasteiger partial charge < -0.3 is 5.73 Å². The molecule has 0 fully saturated rings. The van der Waals surface area contributed by atoms with Gasteiger partial charge in [0.25, 0.3) is 0 Å². The maximum Gasteiger partial charge on any atom is 0.205 e. The van der Waals surface area contributed by atoms with Gasteiger partial charge >= 0.3 is 0 Å². The Bertz CT molecular complexity index is 785. The number of hydrogen-bond donors (Lipinski definition) is 1. The van der Waals surface area contributed by atoms with Crippen LogP contribution >= 0.6 is 38.5 Å². The van der Waals surface area contributed by atoms with Crippen LogP contribution < -0.4 is 5.73 Å². The lowest BCUT2D eigenvalue weighted by Crippen LogP contribution is -2.02. The molecule has 2 aromatic carbocycles. The lowest BCUT2D eigenvalue weighted by molar-refractivity contribution is 0.623. The molecule has 0 atom stereocenters. The molecular formula is C13H8BrFIN3. The molecule has 0 aliphatic heterocycles. The van der Waals surface area contributed by atoms with Crippen LogP contribution in [-0.2, 0) is 0 Å². The molecule has 3 rings (SSSR count). The van der Waals surface area contributed by atoms with Crippen molar-refractivity contribution in [1.29, 1.82) is 0 Å². The largest absolute Gasteiger partial charge is 0.369 e. The number of benzene rings is 2. The van der Waals surface area contributed by atoms with Gasteiger partial charge in [-0.2, -0.15) is 0 Å². The van der Waals surface area contributed by atoms with E-state index < -0.39 is 0 Å². The highest BCUT2D eigenvalue weighted by molar-refractivity contribution is 14.1. The summed E-state index contributed by atoms with van der Waals surface area (Å²) in [6, 6.07) is 10.9. The van der Waals surface area contributed by atoms with Crippen LogP contribution in [0.3, 0.4) is 0 Å². The molecule has 0 bridgehead atoms. The first-order valence-electron chi connectivity index (χ1n) is 5.46. The number of nitrogens with zero attached hydrogens (tertiary/aromatic N) is 2. The minimum Gasteiger partial charge on any atom is -0.369 e. The molecule has 1 heterocycles. The Morgan fingerprint density at radius 3 is 2.74 bits per heavy atom. The highest BCUT2D eigenvalue weighted by Gasteiger charge is 2.14. The van der Waals surface area contributed by atoms with Gasteiger partial charge in [-0.25, -0.2) is 9.37 Å². The zero-order valence-corrected chi connectivity index (χ0v) is 13.3. The highest BCUT2D eigenvalue weighted by Crippen LogP contribution is 2.29. The normalized spacial score (nSPS) is 11.1. The topological polar surface area (TPSA) is 43.8 Å². The molecule has 0 aliphatic rings. The Morgan fingerprint density at radius 2 is 2.00 bits per heavy atom. The van der Waals surface area contributed by atoms with E-state index in [0.717, 1.165) is 14.8 Å². The maximum absolute atomic E-state index is 13.5. The molecular weight excluding hydrogens is 424 g/mol. The average Bonchev–Trinajstić information content (AvgIpc) is 2.66. The van der Waals surface area contributed by atoms with Crippen molar-refractivity contribution < 1.29 is 4.39 Å². The van der Waals surface area contributed by atoms with E-state index in [9.17, 15) is 4.39 Å². The second kappa shape index (κ2) is 4.75. The molecule has 0 saturated heterocycles. The minimum atomic E-state index is -0.347. The summed E-state index contributed by atoms with van der Waals surface area (Å²) in [5.41, 5.74) is 8.21. The first-order chi connectivity index (χ1) is 9.08. The Kier molecular flexibility index (Phi) is 3.22. The zero-order valence-electron chi connectivity index (χ0n) is 9.57. The summed E-state index contributed by atoms with van der Waals surface area (Å²) in [6.07, 6.45) is 0. The molecule has 0 amide bonds. The summed E-state index contributed by atoms with van der Waals surface area (Å²) in [6.45, 7) is 0. The van der Waals surface area contributed by atoms with Crippen molar-refractivity contribution in [2.45, 2.75) is 0 Å². The Morgan fingerprint density at radius 1 is 1.26 bits per heavy atom. The second-order valence-corrected chi connectivity index (χ2v) is 6.03. The fourth-order valence-electron chi connectivity index (χ4n) is 1.98. The van der Waals surface area contributed by atoms with E-state index in [4.69, 9.17) is 5.73 Å². The molecule has 0 radical (unpaired) electrons. The van der Waals surface area contributed by atoms with Gasteiger partial charge in [-0.05, 0) is 56.7 Å². The number of anilines is 1. The summed E-state index contributed by atoms with van der Waals surface area (Å²) < 4.78 is 16.8. The predicted molar refractivity (Wildman–Crippen MR) is 85.9 cm³/mol. The van der Waals surface area contributed by atoms with E-state index >= 15 is 0 Å². The summed E-state index contributed by atoms with van der Waals surface area (Å²) in [5.74, 6) is -0.00322. The molecule has 0 spiro atoms. The molecule has 0 aliphatic carbocycles. The standard InChI is InChI=1S/C13H8BrFIN3/c14-7-5-12-10(6-8(7)15)18-13(17)19(12)11-4-2-1-3-9(11)16/h1-6H,(H2,17,18). The monoisotopic (exact) mass is 431 g/mol. The average molecular weight is 432 g/mol. The van der Waals surface area contributed by atoms with Crippen molar-refractivity contribution in [1.82, 2.24) is 9.55 Å². The van der Waals surface area contributed by atoms with Gasteiger partial charge in [0.15, 0.2) is 0 Å². The van der Waals surface area contributed by atoms with E-state index in [2.05, 4.69) is 43.5 Å². The fourth-order valence-corrected chi connectivity index (χ4v) is 2.94. The van der Waals surface area contributed by atoms with Crippen LogP contribution in [0.25, 0.3) is 16.7 Å². The number of rotatable bonds is 1. The number of hydrogen-bond acceptors (Lipinski definition) is 2. The van der Waals surface area contributed by atoms with Gasteiger partial charge in [-0.15, -0.1) is 0 Å². The van der Waals surface area contributed by atoms with Crippen LogP contribution in [-0.4, -0.2) is 9.55 Å². The fraction of sp³-hybridized carbons (Fsp3) is 0. The first kappa shape index (κ1) is 12.9. The van der Waals surface area contributed by atoms with Gasteiger partial charge in [-0.1, -0.05) is 12.1 Å². The first-order valence-corrected chi connectivity index (χ1v) is 7.33. The molecule has 1 aromatic heterocycles. The van der Waals surface area contributed by atoms with Crippen LogP contribution in [0.2, 0.25) is 0 Å². The van der Waals surface area contributed by atoms with Gasteiger partial charge in [-0.3, -0.25) is 4.57 Å². The van der Waals surface area contributed by atoms with Crippen LogP contribution in [0.1, 0.15) is 0 Å². The SMILES string of the molecule is Nc1nc2cc(F)c(Br)cc2n1-c1ccccc1I. The van der Waals surface area contributed by atoms with Crippen LogP contribution in [0.15, 0.2) is 40.9 Å². The number of nitrogens with two attached hydrogens (primary N) is 1. The van der Waals surface area contributed by atoms with Gasteiger partial charge in [0.2, 0.25) is 5.95 Å². The van der Waals surface area contributed by atoms with Crippen LogP contribution in [0, 0.1) is 9.39 Å². The smallest absolute Gasteiger partial charge is 0.205 e. The van der Waals surface area contributed by atoms with Crippen molar-refractivity contribution in [2.24, 2.45) is 0 Å². The third-order valence-corrected chi connectivity index (χ3v) is 4.34. The number of aromatic nitrogens is 2. The Hall–Kier alpha value is -1.15. The zero-order chi connectivity index (χ0) is 13.6. The molecule has 96 valence electrons. The van der Waals surface area contributed by atoms with Crippen LogP contribution in [0.5, 0.6) is 0 Å². The lowest BCUT2D eigenvalue weighted by atomic mass is 10.2.